The van der Waals surface area contributed by atoms with Gasteiger partial charge in [0.25, 0.3) is 0 Å². The second-order valence-corrected chi connectivity index (χ2v) is 6.58. The Bertz CT molecular complexity index is 481. The lowest BCUT2D eigenvalue weighted by atomic mass is 9.98. The minimum atomic E-state index is -0.115. The number of aliphatic hydroxyl groups is 1. The quantitative estimate of drug-likeness (QED) is 0.685. The van der Waals surface area contributed by atoms with Crippen LogP contribution in [0.3, 0.4) is 0 Å². The Morgan fingerprint density at radius 2 is 2.17 bits per heavy atom. The summed E-state index contributed by atoms with van der Waals surface area (Å²) in [6, 6.07) is 9.78. The summed E-state index contributed by atoms with van der Waals surface area (Å²) in [5, 5.41) is 15.2. The van der Waals surface area contributed by atoms with E-state index in [0.717, 1.165) is 31.6 Å². The molecule has 1 aromatic rings. The molecule has 3 N–H and O–H groups in total. The zero-order valence-corrected chi connectivity index (χ0v) is 14.7. The number of hydrogen-bond acceptors (Lipinski definition) is 3. The second-order valence-electron chi connectivity index (χ2n) is 6.58. The molecule has 5 nitrogen and oxygen atoms in total. The molecule has 0 aliphatic carbocycles. The van der Waals surface area contributed by atoms with Gasteiger partial charge in [-0.2, -0.15) is 0 Å². The fourth-order valence-corrected chi connectivity index (χ4v) is 3.35. The van der Waals surface area contributed by atoms with Crippen molar-refractivity contribution in [2.24, 2.45) is 5.92 Å². The zero-order chi connectivity index (χ0) is 17.2. The number of benzene rings is 1. The number of nitrogens with zero attached hydrogens (tertiary/aromatic N) is 1. The molecular weight excluding hydrogens is 302 g/mol. The molecule has 0 bridgehead atoms. The number of aliphatic hydroxyl groups excluding tert-OH is 1. The molecule has 5 heteroatoms. The maximum absolute atomic E-state index is 12.3. The fraction of sp³-hybridized carbons (Fsp3) is 0.632. The summed E-state index contributed by atoms with van der Waals surface area (Å²) in [4.78, 5) is 14.7. The number of piperidine rings is 1. The molecule has 0 aromatic heterocycles. The summed E-state index contributed by atoms with van der Waals surface area (Å²) >= 11 is 0. The Morgan fingerprint density at radius 1 is 1.38 bits per heavy atom. The third kappa shape index (κ3) is 6.13. The van der Waals surface area contributed by atoms with E-state index in [2.05, 4.69) is 22.5 Å². The van der Waals surface area contributed by atoms with Crippen molar-refractivity contribution in [2.45, 2.75) is 38.6 Å². The van der Waals surface area contributed by atoms with Crippen LogP contribution < -0.4 is 10.6 Å². The van der Waals surface area contributed by atoms with Gasteiger partial charge in [0, 0.05) is 19.7 Å². The van der Waals surface area contributed by atoms with Crippen molar-refractivity contribution in [3.8, 4) is 0 Å². The number of amides is 2. The van der Waals surface area contributed by atoms with E-state index in [-0.39, 0.29) is 18.7 Å². The Labute approximate surface area is 145 Å². The predicted molar refractivity (Wildman–Crippen MR) is 96.9 cm³/mol. The topological polar surface area (TPSA) is 64.6 Å². The molecule has 1 heterocycles. The molecular formula is C19H31N3O2. The van der Waals surface area contributed by atoms with Crippen LogP contribution >= 0.6 is 0 Å². The van der Waals surface area contributed by atoms with Crippen LogP contribution in [0.1, 0.15) is 44.2 Å². The summed E-state index contributed by atoms with van der Waals surface area (Å²) in [6.07, 6.45) is 3.81. The van der Waals surface area contributed by atoms with Gasteiger partial charge >= 0.3 is 6.03 Å². The Hall–Kier alpha value is -1.59. The molecule has 1 aromatic carbocycles. The number of likely N-dealkylation sites (tertiary alicyclic amines) is 1. The monoisotopic (exact) mass is 333 g/mol. The van der Waals surface area contributed by atoms with Crippen LogP contribution in [0, 0.1) is 5.92 Å². The number of hydrogen-bond donors (Lipinski definition) is 3. The molecule has 1 fully saturated rings. The van der Waals surface area contributed by atoms with Crippen LogP contribution in [0.5, 0.6) is 0 Å². The van der Waals surface area contributed by atoms with E-state index in [1.165, 1.54) is 19.4 Å². The van der Waals surface area contributed by atoms with Crippen LogP contribution in [0.4, 0.5) is 4.79 Å². The predicted octanol–water partition coefficient (Wildman–Crippen LogP) is 2.53. The highest BCUT2D eigenvalue weighted by molar-refractivity contribution is 5.74. The SMILES string of the molecule is CCN1CCCC(CNC(=O)NC(CCCO)c2ccccc2)C1. The van der Waals surface area contributed by atoms with Gasteiger partial charge in [-0.3, -0.25) is 0 Å². The summed E-state index contributed by atoms with van der Waals surface area (Å²) in [7, 11) is 0. The largest absolute Gasteiger partial charge is 0.396 e. The van der Waals surface area contributed by atoms with E-state index in [1.807, 2.05) is 30.3 Å². The van der Waals surface area contributed by atoms with Crippen molar-refractivity contribution in [3.63, 3.8) is 0 Å². The first kappa shape index (κ1) is 18.7. The van der Waals surface area contributed by atoms with Crippen molar-refractivity contribution >= 4 is 6.03 Å². The number of rotatable bonds is 8. The molecule has 2 rings (SSSR count). The van der Waals surface area contributed by atoms with Gasteiger partial charge in [0.1, 0.15) is 0 Å². The van der Waals surface area contributed by atoms with Crippen LogP contribution in [0.15, 0.2) is 30.3 Å². The average Bonchev–Trinajstić information content (AvgIpc) is 2.64. The molecule has 0 spiro atoms. The van der Waals surface area contributed by atoms with Gasteiger partial charge in [0.2, 0.25) is 0 Å². The van der Waals surface area contributed by atoms with E-state index in [1.54, 1.807) is 0 Å². The summed E-state index contributed by atoms with van der Waals surface area (Å²) in [6.45, 7) is 6.39. The normalized spacial score (nSPS) is 19.7. The third-order valence-corrected chi connectivity index (χ3v) is 4.76. The van der Waals surface area contributed by atoms with Gasteiger partial charge in [0.15, 0.2) is 0 Å². The van der Waals surface area contributed by atoms with Gasteiger partial charge in [-0.25, -0.2) is 4.79 Å². The molecule has 134 valence electrons. The first-order valence-electron chi connectivity index (χ1n) is 9.15. The van der Waals surface area contributed by atoms with Crippen molar-refractivity contribution in [1.82, 2.24) is 15.5 Å². The summed E-state index contributed by atoms with van der Waals surface area (Å²) in [5.41, 5.74) is 1.08. The van der Waals surface area contributed by atoms with Gasteiger partial charge in [-0.05, 0) is 50.3 Å². The molecule has 1 aliphatic rings. The van der Waals surface area contributed by atoms with Crippen LogP contribution in [0.2, 0.25) is 0 Å². The van der Waals surface area contributed by atoms with E-state index in [4.69, 9.17) is 5.11 Å². The smallest absolute Gasteiger partial charge is 0.315 e. The van der Waals surface area contributed by atoms with E-state index in [0.29, 0.717) is 12.3 Å². The van der Waals surface area contributed by atoms with Crippen molar-refractivity contribution in [2.75, 3.05) is 32.8 Å². The molecule has 0 saturated carbocycles. The molecule has 2 unspecified atom stereocenters. The van der Waals surface area contributed by atoms with Crippen molar-refractivity contribution in [1.29, 1.82) is 0 Å². The number of nitrogens with one attached hydrogen (secondary N) is 2. The van der Waals surface area contributed by atoms with Crippen LogP contribution in [0.25, 0.3) is 0 Å². The van der Waals surface area contributed by atoms with Gasteiger partial charge in [0.05, 0.1) is 6.04 Å². The average molecular weight is 333 g/mol. The molecule has 24 heavy (non-hydrogen) atoms. The van der Waals surface area contributed by atoms with Gasteiger partial charge in [-0.15, -0.1) is 0 Å². The molecule has 1 aliphatic heterocycles. The van der Waals surface area contributed by atoms with E-state index < -0.39 is 0 Å². The number of urea groups is 1. The van der Waals surface area contributed by atoms with Crippen molar-refractivity contribution in [3.05, 3.63) is 35.9 Å². The van der Waals surface area contributed by atoms with E-state index >= 15 is 0 Å². The second kappa shape index (κ2) is 10.3. The highest BCUT2D eigenvalue weighted by Gasteiger charge is 2.20. The Morgan fingerprint density at radius 3 is 2.88 bits per heavy atom. The maximum atomic E-state index is 12.3. The lowest BCUT2D eigenvalue weighted by Gasteiger charge is -2.32. The summed E-state index contributed by atoms with van der Waals surface area (Å²) < 4.78 is 0. The summed E-state index contributed by atoms with van der Waals surface area (Å²) in [5.74, 6) is 0.539. The molecule has 0 radical (unpaired) electrons. The van der Waals surface area contributed by atoms with Gasteiger partial charge in [-0.1, -0.05) is 37.3 Å². The highest BCUT2D eigenvalue weighted by Crippen LogP contribution is 2.18. The zero-order valence-electron chi connectivity index (χ0n) is 14.7. The van der Waals surface area contributed by atoms with Gasteiger partial charge < -0.3 is 20.6 Å². The van der Waals surface area contributed by atoms with Crippen LogP contribution in [-0.2, 0) is 0 Å². The molecule has 1 saturated heterocycles. The molecule has 2 atom stereocenters. The fourth-order valence-electron chi connectivity index (χ4n) is 3.35. The standard InChI is InChI=1S/C19H31N3O2/c1-2-22-12-6-8-16(15-22)14-20-19(24)21-18(11-7-13-23)17-9-4-3-5-10-17/h3-5,9-10,16,18,23H,2,6-8,11-15H2,1H3,(H2,20,21,24). The Balaban J connectivity index is 1.81. The number of carbonyl (C=O) groups is 1. The molecule has 2 amide bonds. The first-order chi connectivity index (χ1) is 11.7. The Kier molecular flexibility index (Phi) is 8.05. The minimum absolute atomic E-state index is 0.0585. The van der Waals surface area contributed by atoms with Crippen LogP contribution in [-0.4, -0.2) is 48.8 Å². The lowest BCUT2D eigenvalue weighted by Crippen LogP contribution is -2.44. The third-order valence-electron chi connectivity index (χ3n) is 4.76. The first-order valence-corrected chi connectivity index (χ1v) is 9.15. The minimum Gasteiger partial charge on any atom is -0.396 e. The number of carbonyl (C=O) groups excluding carboxylic acids is 1. The van der Waals surface area contributed by atoms with E-state index in [9.17, 15) is 4.79 Å². The highest BCUT2D eigenvalue weighted by atomic mass is 16.3. The maximum Gasteiger partial charge on any atom is 0.315 e. The van der Waals surface area contributed by atoms with Crippen molar-refractivity contribution < 1.29 is 9.90 Å². The lowest BCUT2D eigenvalue weighted by molar-refractivity contribution is 0.178.